The number of nitrogens with two attached hydrogens (primary N) is 2. The number of halogens is 1. The van der Waals surface area contributed by atoms with E-state index in [2.05, 4.69) is 36.6 Å². The lowest BCUT2D eigenvalue weighted by Gasteiger charge is -2.69. The van der Waals surface area contributed by atoms with Crippen molar-refractivity contribution in [2.75, 3.05) is 74.4 Å². The molecule has 3 aliphatic carbocycles. The number of primary amides is 1. The summed E-state index contributed by atoms with van der Waals surface area (Å²) in [7, 11) is -1.94. The molecule has 2 aromatic heterocycles. The monoisotopic (exact) mass is 1330 g/mol. The maximum atomic E-state index is 14.9. The van der Waals surface area contributed by atoms with Gasteiger partial charge in [0.15, 0.2) is 11.5 Å². The van der Waals surface area contributed by atoms with E-state index in [4.69, 9.17) is 37.1 Å². The Morgan fingerprint density at radius 1 is 0.763 bits per heavy atom. The van der Waals surface area contributed by atoms with Crippen LogP contribution in [0.25, 0.3) is 21.8 Å². The number of likely N-dealkylation sites (N-methyl/N-ethyl adjacent to an activating group) is 2. The van der Waals surface area contributed by atoms with E-state index in [1.807, 2.05) is 27.0 Å². The molecule has 5 aliphatic rings. The molecular formula is C63H83ClN13O15P. The molecule has 0 radical (unpaired) electrons. The lowest BCUT2D eigenvalue weighted by Crippen LogP contribution is -2.72. The van der Waals surface area contributed by atoms with Crippen LogP contribution in [-0.4, -0.2) is 161 Å². The number of hydrogen-bond donors (Lipinski definition) is 11. The molecule has 502 valence electrons. The summed E-state index contributed by atoms with van der Waals surface area (Å²) in [6.07, 6.45) is 4.86. The summed E-state index contributed by atoms with van der Waals surface area (Å²) in [4.78, 5) is 153. The Balaban J connectivity index is 0.780. The zero-order chi connectivity index (χ0) is 67.6. The molecule has 10 rings (SSSR count). The molecule has 10 amide bonds. The number of rotatable bonds is 27. The number of nitrogens with zero attached hydrogens (tertiary/aromatic N) is 4. The number of phosphoric ester groups is 1. The smallest absolute Gasteiger partial charge is 0.445 e. The fourth-order valence-electron chi connectivity index (χ4n) is 13.4. The molecule has 0 spiro atoms. The number of hydrogen-bond acceptors (Lipinski definition) is 14. The molecule has 30 heteroatoms. The molecule has 2 bridgehead atoms. The normalized spacial score (nSPS) is 19.5. The molecule has 3 fully saturated rings. The van der Waals surface area contributed by atoms with Gasteiger partial charge in [-0.05, 0) is 118 Å². The van der Waals surface area contributed by atoms with Crippen LogP contribution in [0.3, 0.4) is 0 Å². The maximum absolute atomic E-state index is 14.9. The summed E-state index contributed by atoms with van der Waals surface area (Å²) in [6, 6.07) is 5.75. The van der Waals surface area contributed by atoms with Crippen LogP contribution in [0.4, 0.5) is 31.4 Å². The predicted octanol–water partition coefficient (Wildman–Crippen LogP) is 6.07. The van der Waals surface area contributed by atoms with Gasteiger partial charge in [0.1, 0.15) is 24.7 Å². The summed E-state index contributed by atoms with van der Waals surface area (Å²) < 4.78 is 28.9. The van der Waals surface area contributed by atoms with E-state index in [9.17, 15) is 57.5 Å². The third-order valence-corrected chi connectivity index (χ3v) is 18.9. The van der Waals surface area contributed by atoms with E-state index in [1.165, 1.54) is 36.9 Å². The molecule has 13 N–H and O–H groups in total. The van der Waals surface area contributed by atoms with E-state index in [0.717, 1.165) is 27.6 Å². The van der Waals surface area contributed by atoms with Crippen LogP contribution in [0, 0.1) is 30.6 Å². The first-order chi connectivity index (χ1) is 44.0. The summed E-state index contributed by atoms with van der Waals surface area (Å²) >= 11 is 6.52. The number of unbranched alkanes of at least 4 members (excludes halogenated alkanes) is 1. The number of H-pyrrole nitrogens is 2. The zero-order valence-corrected chi connectivity index (χ0v) is 55.0. The van der Waals surface area contributed by atoms with Crippen molar-refractivity contribution in [1.29, 1.82) is 0 Å². The van der Waals surface area contributed by atoms with Gasteiger partial charge in [-0.1, -0.05) is 32.9 Å². The van der Waals surface area contributed by atoms with Gasteiger partial charge in [0.05, 0.1) is 33.2 Å². The lowest BCUT2D eigenvalue weighted by molar-refractivity contribution is -0.205. The summed E-state index contributed by atoms with van der Waals surface area (Å²) in [5.74, 6) is -3.02. The fourth-order valence-corrected chi connectivity index (χ4v) is 14.1. The minimum absolute atomic E-state index is 0.0415. The molecule has 5 atom stereocenters. The van der Waals surface area contributed by atoms with E-state index in [1.54, 1.807) is 60.2 Å². The molecule has 3 saturated carbocycles. The van der Waals surface area contributed by atoms with Gasteiger partial charge >= 0.3 is 26.0 Å². The highest BCUT2D eigenvalue weighted by molar-refractivity contribution is 7.46. The van der Waals surface area contributed by atoms with Crippen molar-refractivity contribution >= 4 is 112 Å². The van der Waals surface area contributed by atoms with Crippen molar-refractivity contribution < 1.29 is 71.5 Å². The summed E-state index contributed by atoms with van der Waals surface area (Å²) in [5.41, 5.74) is 15.6. The highest BCUT2D eigenvalue weighted by Crippen LogP contribution is 2.75. The minimum atomic E-state index is -4.98. The molecule has 4 heterocycles. The Hall–Kier alpha value is -8.43. The largest absolute Gasteiger partial charge is 0.524 e. The van der Waals surface area contributed by atoms with Crippen molar-refractivity contribution in [2.45, 2.75) is 129 Å². The summed E-state index contributed by atoms with van der Waals surface area (Å²) in [6.45, 7) is 11.6. The Morgan fingerprint density at radius 2 is 1.32 bits per heavy atom. The van der Waals surface area contributed by atoms with Crippen molar-refractivity contribution in [2.24, 2.45) is 28.2 Å². The quantitative estimate of drug-likeness (QED) is 0.0161. The number of carbonyl (C=O) groups excluding carboxylic acids is 9. The number of benzene rings is 3. The highest BCUT2D eigenvalue weighted by Gasteiger charge is 2.76. The number of ether oxygens (including phenoxy) is 2. The van der Waals surface area contributed by atoms with Gasteiger partial charge in [0, 0.05) is 112 Å². The number of fused-ring (bicyclic) bond motifs is 6. The van der Waals surface area contributed by atoms with Crippen molar-refractivity contribution in [3.8, 4) is 11.5 Å². The van der Waals surface area contributed by atoms with Crippen molar-refractivity contribution in [3.05, 3.63) is 76.6 Å². The second-order valence-electron chi connectivity index (χ2n) is 25.5. The number of carbonyl (C=O) groups is 9. The zero-order valence-electron chi connectivity index (χ0n) is 53.4. The first-order valence-electron chi connectivity index (χ1n) is 31.0. The van der Waals surface area contributed by atoms with Gasteiger partial charge in [0.25, 0.3) is 0 Å². The SMILES string of the molecule is CC(=O)N[C@@H](CCCCN)C(=O)N[C@H](C(=O)N[C@@H](CCCNC(N)=O)C(=O)Nc1ccc(COC(=O)N(C)CCN(C)C(=O)Oc2cc3c(c4c(C)c[nH]c24)[C@H](C)CN3C(=O)C23CC(C(=O)N4C[C@@H](CCl)c5c4cc(OP(=O)(O)O)c4[nH]cc(C)c54)(C2)C3)cc1)C(C)C. The molecule has 0 unspecified atom stereocenters. The van der Waals surface area contributed by atoms with Gasteiger partial charge in [0.2, 0.25) is 35.4 Å². The van der Waals surface area contributed by atoms with E-state index < -0.39 is 84.5 Å². The highest BCUT2D eigenvalue weighted by atomic mass is 35.5. The van der Waals surface area contributed by atoms with Gasteiger partial charge in [-0.15, -0.1) is 11.6 Å². The third-order valence-electron chi connectivity index (χ3n) is 18.1. The standard InChI is InChI=1S/C63H83ClN13O15P/c1-33(2)51(73-55(80)41(70-37(6)78)12-9-10-18-65)56(81)72-42(13-11-19-67-59(66)84)54(79)71-40-16-14-38(15-17-40)29-90-60(85)74(7)20-21-75(8)61(86)91-45-22-43-47(48-34(3)25-68-52(45)48)36(5)27-76(43)57(82)62-30-63(31-62,32-62)58(83)77-28-39(24-64)50-44(77)23-46(92-93(87,88)89)53-49(50)35(4)26-69-53/h14-17,22-23,25-26,33,36,39,41-42,51,68-69H,9-13,18-21,24,27-32,65H2,1-8H3,(H,70,78)(H,71,79)(H,72,81)(H,73,80)(H3,66,67,84)(H2,87,88,89)/t36-,39-,41+,42+,51+,62?,63?/m1/s1. The molecule has 28 nitrogen and oxygen atoms in total. The van der Waals surface area contributed by atoms with Gasteiger partial charge in [-0.2, -0.15) is 0 Å². The van der Waals surface area contributed by atoms with Crippen molar-refractivity contribution in [3.63, 3.8) is 0 Å². The van der Waals surface area contributed by atoms with Gasteiger partial charge in [-0.3, -0.25) is 38.6 Å². The van der Waals surface area contributed by atoms with Crippen LogP contribution >= 0.6 is 19.4 Å². The topological polar surface area (TPSA) is 396 Å². The van der Waals surface area contributed by atoms with Crippen molar-refractivity contribution in [1.82, 2.24) is 41.0 Å². The third kappa shape index (κ3) is 14.7. The van der Waals surface area contributed by atoms with Gasteiger partial charge < -0.3 is 81.6 Å². The average molecular weight is 1330 g/mol. The number of aromatic nitrogens is 2. The Labute approximate surface area is 542 Å². The second kappa shape index (κ2) is 28.0. The van der Waals surface area contributed by atoms with Crippen LogP contribution < -0.4 is 57.1 Å². The lowest BCUT2D eigenvalue weighted by atomic mass is 9.34. The number of aryl methyl sites for hydroxylation is 2. The van der Waals surface area contributed by atoms with Crippen LogP contribution in [0.2, 0.25) is 0 Å². The Bertz CT molecular complexity index is 3770. The molecule has 3 aromatic carbocycles. The van der Waals surface area contributed by atoms with E-state index in [-0.39, 0.29) is 86.7 Å². The predicted molar refractivity (Wildman–Crippen MR) is 347 cm³/mol. The van der Waals surface area contributed by atoms with E-state index >= 15 is 0 Å². The first-order valence-corrected chi connectivity index (χ1v) is 33.1. The Kier molecular flexibility index (Phi) is 20.8. The number of aromatic amines is 2. The van der Waals surface area contributed by atoms with E-state index in [0.29, 0.717) is 90.7 Å². The van der Waals surface area contributed by atoms with Crippen LogP contribution in [0.1, 0.15) is 119 Å². The molecule has 5 aromatic rings. The number of urea groups is 1. The second-order valence-corrected chi connectivity index (χ2v) is 27.0. The summed E-state index contributed by atoms with van der Waals surface area (Å²) in [5, 5.41) is 14.8. The van der Waals surface area contributed by atoms with Crippen LogP contribution in [-0.2, 0) is 44.7 Å². The molecule has 0 saturated heterocycles. The number of anilines is 3. The van der Waals surface area contributed by atoms with Gasteiger partial charge in [-0.25, -0.2) is 18.9 Å². The number of nitrogens with one attached hydrogen (secondary N) is 7. The molecule has 2 aliphatic heterocycles. The number of alkyl halides is 1. The first kappa shape index (κ1) is 68.9. The number of amides is 10. The molecule has 93 heavy (non-hydrogen) atoms. The van der Waals surface area contributed by atoms with Crippen LogP contribution in [0.15, 0.2) is 48.8 Å². The minimum Gasteiger partial charge on any atom is -0.445 e. The van der Waals surface area contributed by atoms with Crippen LogP contribution in [0.5, 0.6) is 11.5 Å². The fraction of sp³-hybridized carbons (Fsp3) is 0.508. The molecular weight excluding hydrogens is 1250 g/mol. The maximum Gasteiger partial charge on any atom is 0.524 e. The average Bonchev–Trinajstić information content (AvgIpc) is 1.44. The Morgan fingerprint density at radius 3 is 1.90 bits per heavy atom. The number of phosphoric acid groups is 1.